The van der Waals surface area contributed by atoms with Crippen LogP contribution in [0, 0.1) is 0 Å². The van der Waals surface area contributed by atoms with Crippen LogP contribution in [0.3, 0.4) is 0 Å². The second-order valence-electron chi connectivity index (χ2n) is 6.76. The van der Waals surface area contributed by atoms with Gasteiger partial charge >= 0.3 is 0 Å². The molecular formula is C20H23ClN2O3S. The molecule has 0 saturated carbocycles. The van der Waals surface area contributed by atoms with Gasteiger partial charge in [-0.05, 0) is 42.7 Å². The van der Waals surface area contributed by atoms with E-state index >= 15 is 0 Å². The zero-order chi connectivity index (χ0) is 19.4. The standard InChI is InChI=1S/C20H23ClN2O3S/c1-22(15-16-10-12-17(21)13-11-16)20(24)19-9-5-6-14-23(19)27(25,26)18-7-3-2-4-8-18/h2-4,7-8,10-13,19H,5-6,9,14-15H2,1H3. The summed E-state index contributed by atoms with van der Waals surface area (Å²) in [5.41, 5.74) is 0.948. The van der Waals surface area contributed by atoms with E-state index < -0.39 is 16.1 Å². The molecule has 1 fully saturated rings. The fourth-order valence-electron chi connectivity index (χ4n) is 3.36. The number of carbonyl (C=O) groups is 1. The van der Waals surface area contributed by atoms with Crippen LogP contribution in [0.15, 0.2) is 59.5 Å². The zero-order valence-electron chi connectivity index (χ0n) is 15.2. The number of piperidine rings is 1. The number of rotatable bonds is 5. The fourth-order valence-corrected chi connectivity index (χ4v) is 5.16. The van der Waals surface area contributed by atoms with Crippen molar-refractivity contribution in [2.75, 3.05) is 13.6 Å². The molecule has 1 heterocycles. The predicted molar refractivity (Wildman–Crippen MR) is 106 cm³/mol. The quantitative estimate of drug-likeness (QED) is 0.763. The van der Waals surface area contributed by atoms with Crippen molar-refractivity contribution >= 4 is 27.5 Å². The van der Waals surface area contributed by atoms with Gasteiger partial charge in [-0.1, -0.05) is 48.4 Å². The number of hydrogen-bond donors (Lipinski definition) is 0. The lowest BCUT2D eigenvalue weighted by molar-refractivity contribution is -0.135. The van der Waals surface area contributed by atoms with Crippen LogP contribution in [0.4, 0.5) is 0 Å². The Morgan fingerprint density at radius 3 is 2.44 bits per heavy atom. The molecule has 1 atom stereocenters. The Morgan fingerprint density at radius 2 is 1.78 bits per heavy atom. The fraction of sp³-hybridized carbons (Fsp3) is 0.350. The first-order chi connectivity index (χ1) is 12.9. The Morgan fingerprint density at radius 1 is 1.11 bits per heavy atom. The largest absolute Gasteiger partial charge is 0.340 e. The third-order valence-corrected chi connectivity index (χ3v) is 6.97. The molecule has 3 rings (SSSR count). The molecular weight excluding hydrogens is 384 g/mol. The smallest absolute Gasteiger partial charge is 0.243 e. The highest BCUT2D eigenvalue weighted by atomic mass is 35.5. The monoisotopic (exact) mass is 406 g/mol. The molecule has 1 saturated heterocycles. The topological polar surface area (TPSA) is 57.7 Å². The first kappa shape index (κ1) is 19.9. The SMILES string of the molecule is CN(Cc1ccc(Cl)cc1)C(=O)C1CCCCN1S(=O)(=O)c1ccccc1. The number of hydrogen-bond acceptors (Lipinski definition) is 3. The zero-order valence-corrected chi connectivity index (χ0v) is 16.8. The van der Waals surface area contributed by atoms with Gasteiger partial charge in [0.05, 0.1) is 4.90 Å². The predicted octanol–water partition coefficient (Wildman–Crippen LogP) is 3.54. The van der Waals surface area contributed by atoms with E-state index in [2.05, 4.69) is 0 Å². The highest BCUT2D eigenvalue weighted by molar-refractivity contribution is 7.89. The first-order valence-corrected chi connectivity index (χ1v) is 10.8. The van der Waals surface area contributed by atoms with E-state index in [9.17, 15) is 13.2 Å². The number of likely N-dealkylation sites (N-methyl/N-ethyl adjacent to an activating group) is 1. The van der Waals surface area contributed by atoms with Crippen LogP contribution in [0.25, 0.3) is 0 Å². The molecule has 1 unspecified atom stereocenters. The van der Waals surface area contributed by atoms with Crippen molar-refractivity contribution in [3.8, 4) is 0 Å². The average Bonchev–Trinajstić information content (AvgIpc) is 2.69. The summed E-state index contributed by atoms with van der Waals surface area (Å²) < 4.78 is 27.5. The van der Waals surface area contributed by atoms with Crippen LogP contribution in [-0.4, -0.2) is 43.2 Å². The van der Waals surface area contributed by atoms with E-state index in [1.807, 2.05) is 12.1 Å². The van der Waals surface area contributed by atoms with Gasteiger partial charge in [0, 0.05) is 25.2 Å². The van der Waals surface area contributed by atoms with E-state index in [-0.39, 0.29) is 10.8 Å². The average molecular weight is 407 g/mol. The van der Waals surface area contributed by atoms with Gasteiger partial charge in [0.2, 0.25) is 15.9 Å². The molecule has 7 heteroatoms. The molecule has 0 N–H and O–H groups in total. The molecule has 1 amide bonds. The van der Waals surface area contributed by atoms with Gasteiger partial charge in [-0.15, -0.1) is 0 Å². The highest BCUT2D eigenvalue weighted by Crippen LogP contribution is 2.26. The maximum Gasteiger partial charge on any atom is 0.243 e. The van der Waals surface area contributed by atoms with Crippen molar-refractivity contribution in [3.05, 3.63) is 65.2 Å². The lowest BCUT2D eigenvalue weighted by atomic mass is 10.0. The molecule has 0 radical (unpaired) electrons. The summed E-state index contributed by atoms with van der Waals surface area (Å²) in [7, 11) is -1.99. The van der Waals surface area contributed by atoms with Crippen molar-refractivity contribution < 1.29 is 13.2 Å². The summed E-state index contributed by atoms with van der Waals surface area (Å²) in [4.78, 5) is 14.9. The van der Waals surface area contributed by atoms with Gasteiger partial charge in [-0.3, -0.25) is 4.79 Å². The van der Waals surface area contributed by atoms with Crippen molar-refractivity contribution in [2.24, 2.45) is 0 Å². The lowest BCUT2D eigenvalue weighted by Crippen LogP contribution is -2.51. The van der Waals surface area contributed by atoms with Gasteiger partial charge < -0.3 is 4.90 Å². The second-order valence-corrected chi connectivity index (χ2v) is 9.09. The van der Waals surface area contributed by atoms with E-state index in [1.165, 1.54) is 4.31 Å². The Labute approximate surface area is 165 Å². The molecule has 0 aromatic heterocycles. The third kappa shape index (κ3) is 4.51. The van der Waals surface area contributed by atoms with Gasteiger partial charge in [-0.2, -0.15) is 4.31 Å². The number of benzene rings is 2. The summed E-state index contributed by atoms with van der Waals surface area (Å²) in [6, 6.07) is 14.9. The normalized spacial score (nSPS) is 18.2. The summed E-state index contributed by atoms with van der Waals surface area (Å²) in [6.45, 7) is 0.772. The van der Waals surface area contributed by atoms with Crippen molar-refractivity contribution in [3.63, 3.8) is 0 Å². The van der Waals surface area contributed by atoms with Crippen LogP contribution in [0.5, 0.6) is 0 Å². The van der Waals surface area contributed by atoms with Crippen LogP contribution < -0.4 is 0 Å². The Bertz CT molecular complexity index is 885. The maximum atomic E-state index is 13.1. The molecule has 1 aliphatic heterocycles. The van der Waals surface area contributed by atoms with Gasteiger partial charge in [0.25, 0.3) is 0 Å². The number of sulfonamides is 1. The van der Waals surface area contributed by atoms with E-state index in [1.54, 1.807) is 54.4 Å². The van der Waals surface area contributed by atoms with Crippen molar-refractivity contribution in [2.45, 2.75) is 36.7 Å². The first-order valence-electron chi connectivity index (χ1n) is 8.96. The van der Waals surface area contributed by atoms with Crippen LogP contribution in [-0.2, 0) is 21.4 Å². The summed E-state index contributed by atoms with van der Waals surface area (Å²) >= 11 is 5.91. The summed E-state index contributed by atoms with van der Waals surface area (Å²) in [6.07, 6.45) is 2.14. The molecule has 5 nitrogen and oxygen atoms in total. The molecule has 0 aliphatic carbocycles. The van der Waals surface area contributed by atoms with Crippen LogP contribution in [0.2, 0.25) is 5.02 Å². The van der Waals surface area contributed by atoms with E-state index in [4.69, 9.17) is 11.6 Å². The minimum Gasteiger partial charge on any atom is -0.340 e. The van der Waals surface area contributed by atoms with E-state index in [0.29, 0.717) is 24.5 Å². The van der Waals surface area contributed by atoms with Crippen molar-refractivity contribution in [1.29, 1.82) is 0 Å². The number of carbonyl (C=O) groups excluding carboxylic acids is 1. The van der Waals surface area contributed by atoms with Gasteiger partial charge in [0.1, 0.15) is 6.04 Å². The minimum absolute atomic E-state index is 0.177. The summed E-state index contributed by atoms with van der Waals surface area (Å²) in [5.74, 6) is -0.177. The van der Waals surface area contributed by atoms with Crippen LogP contribution >= 0.6 is 11.6 Å². The highest BCUT2D eigenvalue weighted by Gasteiger charge is 2.38. The molecule has 2 aromatic carbocycles. The Balaban J connectivity index is 1.80. The molecule has 0 spiro atoms. The molecule has 1 aliphatic rings. The Hall–Kier alpha value is -1.89. The van der Waals surface area contributed by atoms with E-state index in [0.717, 1.165) is 18.4 Å². The molecule has 0 bridgehead atoms. The minimum atomic E-state index is -3.70. The maximum absolute atomic E-state index is 13.1. The third-order valence-electron chi connectivity index (χ3n) is 4.80. The second kappa shape index (κ2) is 8.42. The number of nitrogens with zero attached hydrogens (tertiary/aromatic N) is 2. The molecule has 27 heavy (non-hydrogen) atoms. The van der Waals surface area contributed by atoms with Gasteiger partial charge in [0.15, 0.2) is 0 Å². The lowest BCUT2D eigenvalue weighted by Gasteiger charge is -2.35. The van der Waals surface area contributed by atoms with Gasteiger partial charge in [-0.25, -0.2) is 8.42 Å². The molecule has 144 valence electrons. The summed E-state index contributed by atoms with van der Waals surface area (Å²) in [5, 5.41) is 0.639. The number of amides is 1. The molecule has 2 aromatic rings. The van der Waals surface area contributed by atoms with Crippen molar-refractivity contribution in [1.82, 2.24) is 9.21 Å². The Kier molecular flexibility index (Phi) is 6.19. The van der Waals surface area contributed by atoms with Crippen LogP contribution in [0.1, 0.15) is 24.8 Å². The number of halogens is 1.